The smallest absolute Gasteiger partial charge is 0.231 e. The standard InChI is InChI=1S/C20H24ClN5O2/c1-25-18-3-2-16(10-14(18)11-19(25)27)22-6-9-28-17-4-7-26(8-5-17)20-23-12-15(21)13-24-20/h2-3,10,12-13,17,22H,4-9,11H2,1H3. The molecule has 148 valence electrons. The predicted molar refractivity (Wildman–Crippen MR) is 110 cm³/mol. The molecule has 1 aromatic carbocycles. The number of nitrogens with one attached hydrogen (secondary N) is 1. The molecule has 2 aliphatic heterocycles. The van der Waals surface area contributed by atoms with Gasteiger partial charge in [0, 0.05) is 38.1 Å². The van der Waals surface area contributed by atoms with E-state index < -0.39 is 0 Å². The number of nitrogens with zero attached hydrogens (tertiary/aromatic N) is 4. The fraction of sp³-hybridized carbons (Fsp3) is 0.450. The minimum Gasteiger partial charge on any atom is -0.383 e. The number of likely N-dealkylation sites (N-methyl/N-ethyl adjacent to an activating group) is 1. The number of carbonyl (C=O) groups excluding carboxylic acids is 1. The first-order valence-electron chi connectivity index (χ1n) is 9.57. The Morgan fingerprint density at radius 2 is 2.00 bits per heavy atom. The maximum Gasteiger partial charge on any atom is 0.231 e. The van der Waals surface area contributed by atoms with E-state index in [0.717, 1.165) is 55.4 Å². The molecule has 1 saturated heterocycles. The third-order valence-electron chi connectivity index (χ3n) is 5.27. The largest absolute Gasteiger partial charge is 0.383 e. The number of rotatable bonds is 6. The van der Waals surface area contributed by atoms with Gasteiger partial charge < -0.3 is 19.9 Å². The first kappa shape index (κ1) is 19.0. The Balaban J connectivity index is 1.18. The van der Waals surface area contributed by atoms with E-state index in [1.807, 2.05) is 19.2 Å². The molecule has 2 aromatic rings. The third kappa shape index (κ3) is 4.20. The third-order valence-corrected chi connectivity index (χ3v) is 5.47. The molecule has 4 rings (SSSR count). The number of halogens is 1. The lowest BCUT2D eigenvalue weighted by Gasteiger charge is -2.31. The number of hydrogen-bond donors (Lipinski definition) is 1. The summed E-state index contributed by atoms with van der Waals surface area (Å²) < 4.78 is 6.02. The van der Waals surface area contributed by atoms with Gasteiger partial charge >= 0.3 is 0 Å². The molecular formula is C20H24ClN5O2. The van der Waals surface area contributed by atoms with Crippen molar-refractivity contribution in [3.05, 3.63) is 41.2 Å². The summed E-state index contributed by atoms with van der Waals surface area (Å²) in [4.78, 5) is 24.2. The Kier molecular flexibility index (Phi) is 5.64. The van der Waals surface area contributed by atoms with E-state index in [4.69, 9.17) is 16.3 Å². The highest BCUT2D eigenvalue weighted by Gasteiger charge is 2.24. The molecule has 0 spiro atoms. The first-order chi connectivity index (χ1) is 13.6. The summed E-state index contributed by atoms with van der Waals surface area (Å²) in [6.07, 6.45) is 5.92. The zero-order valence-electron chi connectivity index (χ0n) is 15.9. The van der Waals surface area contributed by atoms with Crippen LogP contribution in [-0.2, 0) is 16.0 Å². The average molecular weight is 402 g/mol. The van der Waals surface area contributed by atoms with E-state index in [-0.39, 0.29) is 12.0 Å². The van der Waals surface area contributed by atoms with Gasteiger partial charge in [0.15, 0.2) is 0 Å². The van der Waals surface area contributed by atoms with Crippen LogP contribution in [0, 0.1) is 0 Å². The fourth-order valence-corrected chi connectivity index (χ4v) is 3.79. The van der Waals surface area contributed by atoms with Gasteiger partial charge in [-0.25, -0.2) is 9.97 Å². The number of piperidine rings is 1. The van der Waals surface area contributed by atoms with E-state index in [1.54, 1.807) is 17.3 Å². The van der Waals surface area contributed by atoms with Crippen molar-refractivity contribution in [2.75, 3.05) is 48.4 Å². The molecule has 0 bridgehead atoms. The number of anilines is 3. The van der Waals surface area contributed by atoms with Crippen LogP contribution in [0.5, 0.6) is 0 Å². The van der Waals surface area contributed by atoms with Crippen molar-refractivity contribution >= 4 is 34.8 Å². The molecule has 0 unspecified atom stereocenters. The molecule has 1 aromatic heterocycles. The molecule has 0 atom stereocenters. The van der Waals surface area contributed by atoms with E-state index in [9.17, 15) is 4.79 Å². The van der Waals surface area contributed by atoms with Crippen LogP contribution in [0.15, 0.2) is 30.6 Å². The highest BCUT2D eigenvalue weighted by atomic mass is 35.5. The van der Waals surface area contributed by atoms with E-state index in [2.05, 4.69) is 26.3 Å². The predicted octanol–water partition coefficient (Wildman–Crippen LogP) is 2.75. The van der Waals surface area contributed by atoms with Gasteiger partial charge in [0.2, 0.25) is 11.9 Å². The molecule has 28 heavy (non-hydrogen) atoms. The second-order valence-corrected chi connectivity index (χ2v) is 7.59. The van der Waals surface area contributed by atoms with Crippen molar-refractivity contribution in [2.24, 2.45) is 0 Å². The van der Waals surface area contributed by atoms with Crippen LogP contribution in [0.3, 0.4) is 0 Å². The summed E-state index contributed by atoms with van der Waals surface area (Å²) in [6, 6.07) is 6.07. The van der Waals surface area contributed by atoms with Gasteiger partial charge in [-0.05, 0) is 36.6 Å². The Labute approximate surface area is 169 Å². The number of aromatic nitrogens is 2. The lowest BCUT2D eigenvalue weighted by Crippen LogP contribution is -2.38. The summed E-state index contributed by atoms with van der Waals surface area (Å²) in [6.45, 7) is 3.15. The van der Waals surface area contributed by atoms with E-state index in [1.165, 1.54) is 0 Å². The zero-order valence-corrected chi connectivity index (χ0v) is 16.7. The Hall–Kier alpha value is -2.38. The van der Waals surface area contributed by atoms with Gasteiger partial charge in [0.05, 0.1) is 36.5 Å². The first-order valence-corrected chi connectivity index (χ1v) is 9.95. The summed E-state index contributed by atoms with van der Waals surface area (Å²) in [7, 11) is 1.82. The second-order valence-electron chi connectivity index (χ2n) is 7.16. The highest BCUT2D eigenvalue weighted by Crippen LogP contribution is 2.29. The molecule has 1 N–H and O–H groups in total. The van der Waals surface area contributed by atoms with Gasteiger partial charge in [-0.2, -0.15) is 0 Å². The minimum atomic E-state index is 0.144. The second kappa shape index (κ2) is 8.32. The van der Waals surface area contributed by atoms with Crippen LogP contribution in [0.1, 0.15) is 18.4 Å². The number of ether oxygens (including phenoxy) is 1. The topological polar surface area (TPSA) is 70.6 Å². The van der Waals surface area contributed by atoms with Gasteiger partial charge in [0.25, 0.3) is 0 Å². The fourth-order valence-electron chi connectivity index (χ4n) is 3.69. The quantitative estimate of drug-likeness (QED) is 0.750. The van der Waals surface area contributed by atoms with E-state index >= 15 is 0 Å². The molecule has 1 amide bonds. The number of benzene rings is 1. The lowest BCUT2D eigenvalue weighted by atomic mass is 10.1. The number of fused-ring (bicyclic) bond motifs is 1. The molecule has 8 heteroatoms. The molecular weight excluding hydrogens is 378 g/mol. The van der Waals surface area contributed by atoms with Crippen molar-refractivity contribution in [3.8, 4) is 0 Å². The van der Waals surface area contributed by atoms with Crippen molar-refractivity contribution < 1.29 is 9.53 Å². The molecule has 7 nitrogen and oxygen atoms in total. The average Bonchev–Trinajstić information content (AvgIpc) is 3.00. The molecule has 1 fully saturated rings. The number of carbonyl (C=O) groups is 1. The van der Waals surface area contributed by atoms with Crippen LogP contribution >= 0.6 is 11.6 Å². The van der Waals surface area contributed by atoms with Crippen LogP contribution < -0.4 is 15.1 Å². The number of hydrogen-bond acceptors (Lipinski definition) is 6. The SMILES string of the molecule is CN1C(=O)Cc2cc(NCCOC3CCN(c4ncc(Cl)cn4)CC3)ccc21. The Morgan fingerprint density at radius 1 is 1.25 bits per heavy atom. The number of amides is 1. The molecule has 3 heterocycles. The van der Waals surface area contributed by atoms with Crippen LogP contribution in [0.2, 0.25) is 5.02 Å². The van der Waals surface area contributed by atoms with Crippen molar-refractivity contribution in [1.82, 2.24) is 9.97 Å². The van der Waals surface area contributed by atoms with Gasteiger partial charge in [-0.3, -0.25) is 4.79 Å². The van der Waals surface area contributed by atoms with Gasteiger partial charge in [-0.1, -0.05) is 11.6 Å². The maximum atomic E-state index is 11.8. The van der Waals surface area contributed by atoms with Gasteiger partial charge in [-0.15, -0.1) is 0 Å². The summed E-state index contributed by atoms with van der Waals surface area (Å²) in [5, 5.41) is 3.94. The van der Waals surface area contributed by atoms with Crippen LogP contribution in [-0.4, -0.2) is 55.3 Å². The van der Waals surface area contributed by atoms with Crippen molar-refractivity contribution in [3.63, 3.8) is 0 Å². The monoisotopic (exact) mass is 401 g/mol. The summed E-state index contributed by atoms with van der Waals surface area (Å²) >= 11 is 5.84. The van der Waals surface area contributed by atoms with Crippen LogP contribution in [0.25, 0.3) is 0 Å². The molecule has 0 aliphatic carbocycles. The van der Waals surface area contributed by atoms with Crippen molar-refractivity contribution in [1.29, 1.82) is 0 Å². The molecule has 0 radical (unpaired) electrons. The summed E-state index contributed by atoms with van der Waals surface area (Å²) in [5.74, 6) is 0.871. The minimum absolute atomic E-state index is 0.144. The van der Waals surface area contributed by atoms with Crippen LogP contribution in [0.4, 0.5) is 17.3 Å². The normalized spacial score (nSPS) is 17.1. The van der Waals surface area contributed by atoms with Gasteiger partial charge in [0.1, 0.15) is 0 Å². The summed E-state index contributed by atoms with van der Waals surface area (Å²) in [5.41, 5.74) is 3.11. The zero-order chi connectivity index (χ0) is 19.5. The Morgan fingerprint density at radius 3 is 2.75 bits per heavy atom. The Bertz CT molecular complexity index is 837. The highest BCUT2D eigenvalue weighted by molar-refractivity contribution is 6.30. The lowest BCUT2D eigenvalue weighted by molar-refractivity contribution is -0.117. The maximum absolute atomic E-state index is 11.8. The van der Waals surface area contributed by atoms with Crippen molar-refractivity contribution in [2.45, 2.75) is 25.4 Å². The molecule has 0 saturated carbocycles. The van der Waals surface area contributed by atoms with E-state index in [0.29, 0.717) is 18.1 Å². The molecule has 2 aliphatic rings.